The first-order valence-electron chi connectivity index (χ1n) is 4.19. The fourth-order valence-electron chi connectivity index (χ4n) is 1.64. The molecule has 0 bridgehead atoms. The van der Waals surface area contributed by atoms with Crippen LogP contribution in [-0.4, -0.2) is 0 Å². The van der Waals surface area contributed by atoms with Crippen molar-refractivity contribution in [3.63, 3.8) is 0 Å². The zero-order valence-electron chi connectivity index (χ0n) is 7.57. The van der Waals surface area contributed by atoms with Crippen LogP contribution < -0.4 is 0 Å². The second-order valence-electron chi connectivity index (χ2n) is 3.97. The third-order valence-electron chi connectivity index (χ3n) is 2.22. The second-order valence-corrected chi connectivity index (χ2v) is 5.68. The summed E-state index contributed by atoms with van der Waals surface area (Å²) in [5.41, 5.74) is 2.73. The van der Waals surface area contributed by atoms with Crippen LogP contribution in [0.2, 0.25) is 0 Å². The van der Waals surface area contributed by atoms with E-state index in [1.54, 1.807) is 0 Å². The third kappa shape index (κ3) is 1.62. The van der Waals surface area contributed by atoms with Gasteiger partial charge in [-0.2, -0.15) is 0 Å². The van der Waals surface area contributed by atoms with Crippen molar-refractivity contribution >= 4 is 31.9 Å². The lowest BCUT2D eigenvalue weighted by Gasteiger charge is -2.24. The summed E-state index contributed by atoms with van der Waals surface area (Å²) in [5, 5.41) is 0. The molecule has 0 radical (unpaired) electrons. The Labute approximate surface area is 95.4 Å². The van der Waals surface area contributed by atoms with Crippen molar-refractivity contribution in [2.24, 2.45) is 5.41 Å². The maximum atomic E-state index is 3.60. The standard InChI is InChI=1S/C11H10Br2/c1-11(2)5-8-7(10(13)6-11)3-4-9(8)12/h3-6H,1-2H3. The van der Waals surface area contributed by atoms with Crippen LogP contribution in [0.5, 0.6) is 0 Å². The topological polar surface area (TPSA) is 0 Å². The molecule has 0 heterocycles. The molecule has 0 unspecified atom stereocenters. The van der Waals surface area contributed by atoms with Gasteiger partial charge in [-0.15, -0.1) is 0 Å². The van der Waals surface area contributed by atoms with E-state index in [-0.39, 0.29) is 5.41 Å². The monoisotopic (exact) mass is 300 g/mol. The van der Waals surface area contributed by atoms with Gasteiger partial charge in [-0.3, -0.25) is 0 Å². The van der Waals surface area contributed by atoms with Crippen LogP contribution in [0.1, 0.15) is 13.8 Å². The molecule has 0 aromatic carbocycles. The Morgan fingerprint density at radius 1 is 0.923 bits per heavy atom. The van der Waals surface area contributed by atoms with Crippen LogP contribution in [-0.2, 0) is 0 Å². The van der Waals surface area contributed by atoms with Crippen LogP contribution in [0.3, 0.4) is 0 Å². The lowest BCUT2D eigenvalue weighted by Crippen LogP contribution is -2.10. The average Bonchev–Trinajstić information content (AvgIpc) is 2.30. The number of allylic oxidation sites excluding steroid dienone is 8. The zero-order valence-corrected chi connectivity index (χ0v) is 10.7. The summed E-state index contributed by atoms with van der Waals surface area (Å²) in [7, 11) is 0. The first kappa shape index (κ1) is 9.47. The molecule has 0 amide bonds. The number of hydrogen-bond acceptors (Lipinski definition) is 0. The van der Waals surface area contributed by atoms with Gasteiger partial charge in [0, 0.05) is 14.4 Å². The Morgan fingerprint density at radius 2 is 1.62 bits per heavy atom. The summed E-state index contributed by atoms with van der Waals surface area (Å²) in [4.78, 5) is 0. The predicted molar refractivity (Wildman–Crippen MR) is 64.0 cm³/mol. The van der Waals surface area contributed by atoms with Gasteiger partial charge in [0.25, 0.3) is 0 Å². The molecule has 0 aliphatic heterocycles. The molecule has 0 aromatic rings. The lowest BCUT2D eigenvalue weighted by molar-refractivity contribution is 0.616. The van der Waals surface area contributed by atoms with Gasteiger partial charge < -0.3 is 0 Å². The molecule has 0 spiro atoms. The first-order chi connectivity index (χ1) is 5.99. The minimum Gasteiger partial charge on any atom is -0.0660 e. The van der Waals surface area contributed by atoms with E-state index in [0.717, 1.165) is 0 Å². The van der Waals surface area contributed by atoms with Gasteiger partial charge in [0.1, 0.15) is 0 Å². The number of hydrogen-bond donors (Lipinski definition) is 0. The van der Waals surface area contributed by atoms with Crippen LogP contribution in [0.25, 0.3) is 0 Å². The molecule has 0 N–H and O–H groups in total. The van der Waals surface area contributed by atoms with E-state index in [0.29, 0.717) is 0 Å². The highest BCUT2D eigenvalue weighted by molar-refractivity contribution is 9.12. The van der Waals surface area contributed by atoms with Crippen molar-refractivity contribution < 1.29 is 0 Å². The lowest BCUT2D eigenvalue weighted by atomic mass is 9.84. The second kappa shape index (κ2) is 2.96. The van der Waals surface area contributed by atoms with E-state index in [4.69, 9.17) is 0 Å². The Hall–Kier alpha value is -0.0800. The SMILES string of the molecule is CC1(C)C=C(Br)C2=CC=C(Br)C2=C1. The fraction of sp³-hybridized carbons (Fsp3) is 0.273. The van der Waals surface area contributed by atoms with Crippen LogP contribution in [0.4, 0.5) is 0 Å². The molecule has 0 saturated carbocycles. The highest BCUT2D eigenvalue weighted by Crippen LogP contribution is 2.44. The molecule has 0 nitrogen and oxygen atoms in total. The van der Waals surface area contributed by atoms with Crippen LogP contribution in [0.15, 0.2) is 44.4 Å². The molecular formula is C11H10Br2. The van der Waals surface area contributed by atoms with E-state index < -0.39 is 0 Å². The summed E-state index contributed by atoms with van der Waals surface area (Å²) in [6.07, 6.45) is 8.75. The summed E-state index contributed by atoms with van der Waals surface area (Å²) in [5.74, 6) is 0. The third-order valence-corrected chi connectivity index (χ3v) is 3.56. The summed E-state index contributed by atoms with van der Waals surface area (Å²) in [6, 6.07) is 0. The molecule has 0 atom stereocenters. The molecule has 68 valence electrons. The van der Waals surface area contributed by atoms with Crippen molar-refractivity contribution in [3.8, 4) is 0 Å². The largest absolute Gasteiger partial charge is 0.0660 e. The van der Waals surface area contributed by atoms with Gasteiger partial charge in [0.05, 0.1) is 0 Å². The van der Waals surface area contributed by atoms with Crippen LogP contribution >= 0.6 is 31.9 Å². The molecule has 13 heavy (non-hydrogen) atoms. The highest BCUT2D eigenvalue weighted by atomic mass is 79.9. The summed E-state index contributed by atoms with van der Waals surface area (Å²) < 4.78 is 2.38. The van der Waals surface area contributed by atoms with Crippen molar-refractivity contribution in [1.82, 2.24) is 0 Å². The van der Waals surface area contributed by atoms with Crippen molar-refractivity contribution in [2.45, 2.75) is 13.8 Å². The van der Waals surface area contributed by atoms with E-state index in [2.05, 4.69) is 70.0 Å². The Morgan fingerprint density at radius 3 is 2.31 bits per heavy atom. The normalized spacial score (nSPS) is 24.3. The van der Waals surface area contributed by atoms with E-state index in [1.807, 2.05) is 0 Å². The quantitative estimate of drug-likeness (QED) is 0.620. The molecular weight excluding hydrogens is 292 g/mol. The zero-order chi connectivity index (χ0) is 9.64. The van der Waals surface area contributed by atoms with E-state index >= 15 is 0 Å². The molecule has 2 heteroatoms. The molecule has 2 rings (SSSR count). The predicted octanol–water partition coefficient (Wildman–Crippen LogP) is 4.45. The van der Waals surface area contributed by atoms with Crippen molar-refractivity contribution in [1.29, 1.82) is 0 Å². The average molecular weight is 302 g/mol. The molecule has 2 aliphatic rings. The fourth-order valence-corrected chi connectivity index (χ4v) is 3.03. The number of rotatable bonds is 0. The van der Waals surface area contributed by atoms with Gasteiger partial charge in [-0.05, 0) is 17.2 Å². The minimum atomic E-state index is 0.142. The van der Waals surface area contributed by atoms with Gasteiger partial charge in [-0.25, -0.2) is 0 Å². The first-order valence-corrected chi connectivity index (χ1v) is 5.78. The number of halogens is 2. The van der Waals surface area contributed by atoms with E-state index in [9.17, 15) is 0 Å². The van der Waals surface area contributed by atoms with Gasteiger partial charge in [0.15, 0.2) is 0 Å². The molecule has 2 aliphatic carbocycles. The Balaban J connectivity index is 2.53. The summed E-state index contributed by atoms with van der Waals surface area (Å²) in [6.45, 7) is 4.41. The van der Waals surface area contributed by atoms with Gasteiger partial charge >= 0.3 is 0 Å². The highest BCUT2D eigenvalue weighted by Gasteiger charge is 2.25. The smallest absolute Gasteiger partial charge is 0.0251 e. The van der Waals surface area contributed by atoms with Crippen LogP contribution in [0, 0.1) is 5.41 Å². The minimum absolute atomic E-state index is 0.142. The van der Waals surface area contributed by atoms with Crippen molar-refractivity contribution in [3.05, 3.63) is 44.4 Å². The Kier molecular flexibility index (Phi) is 2.16. The molecule has 0 aromatic heterocycles. The Bertz CT molecular complexity index is 379. The molecule has 0 fully saturated rings. The molecule has 0 saturated heterocycles. The maximum Gasteiger partial charge on any atom is 0.0251 e. The maximum absolute atomic E-state index is 3.60. The summed E-state index contributed by atoms with van der Waals surface area (Å²) >= 11 is 7.15. The van der Waals surface area contributed by atoms with Crippen molar-refractivity contribution in [2.75, 3.05) is 0 Å². The van der Waals surface area contributed by atoms with Gasteiger partial charge in [0.2, 0.25) is 0 Å². The van der Waals surface area contributed by atoms with E-state index in [1.165, 1.54) is 20.1 Å². The van der Waals surface area contributed by atoms with Gasteiger partial charge in [-0.1, -0.05) is 63.9 Å². The number of fused-ring (bicyclic) bond motifs is 1.